The van der Waals surface area contributed by atoms with E-state index in [-0.39, 0.29) is 5.91 Å². The number of amides is 1. The molecule has 2 rings (SSSR count). The molecule has 0 saturated carbocycles. The van der Waals surface area contributed by atoms with Gasteiger partial charge in [-0.15, -0.1) is 0 Å². The van der Waals surface area contributed by atoms with Crippen LogP contribution in [-0.2, 0) is 11.3 Å². The van der Waals surface area contributed by atoms with Crippen LogP contribution in [0, 0.1) is 0 Å². The Hall–Kier alpha value is -1.91. The largest absolute Gasteiger partial charge is 0.377 e. The summed E-state index contributed by atoms with van der Waals surface area (Å²) < 4.78 is 5.38. The fourth-order valence-electron chi connectivity index (χ4n) is 1.71. The molecule has 0 spiro atoms. The molecule has 1 aromatic carbocycles. The molecule has 20 heavy (non-hydrogen) atoms. The van der Waals surface area contributed by atoms with Crippen molar-refractivity contribution in [3.63, 3.8) is 0 Å². The van der Waals surface area contributed by atoms with Crippen LogP contribution in [0.2, 0.25) is 5.02 Å². The van der Waals surface area contributed by atoms with Gasteiger partial charge in [0.2, 0.25) is 0 Å². The molecule has 0 fully saturated rings. The molecule has 1 heterocycles. The summed E-state index contributed by atoms with van der Waals surface area (Å²) in [6, 6.07) is 9.09. The first-order valence-corrected chi connectivity index (χ1v) is 6.66. The van der Waals surface area contributed by atoms with Crippen LogP contribution in [0.25, 0.3) is 0 Å². The van der Waals surface area contributed by atoms with Crippen molar-refractivity contribution in [1.29, 1.82) is 0 Å². The summed E-state index contributed by atoms with van der Waals surface area (Å²) >= 11 is 5.98. The van der Waals surface area contributed by atoms with Gasteiger partial charge in [-0.3, -0.25) is 9.78 Å². The van der Waals surface area contributed by atoms with Gasteiger partial charge in [0, 0.05) is 30.3 Å². The van der Waals surface area contributed by atoms with E-state index in [1.54, 1.807) is 12.3 Å². The summed E-state index contributed by atoms with van der Waals surface area (Å²) in [7, 11) is 0. The van der Waals surface area contributed by atoms with E-state index in [4.69, 9.17) is 16.3 Å². The van der Waals surface area contributed by atoms with Crippen LogP contribution < -0.4 is 5.32 Å². The predicted octanol–water partition coefficient (Wildman–Crippen LogP) is 3.52. The first-order chi connectivity index (χ1) is 9.72. The zero-order valence-electron chi connectivity index (χ0n) is 11.1. The van der Waals surface area contributed by atoms with E-state index in [1.807, 2.05) is 31.2 Å². The van der Waals surface area contributed by atoms with Crippen LogP contribution in [0.4, 0.5) is 5.69 Å². The zero-order chi connectivity index (χ0) is 14.4. The molecule has 1 N–H and O–H groups in total. The fourth-order valence-corrected chi connectivity index (χ4v) is 1.91. The molecule has 0 aliphatic heterocycles. The number of halogens is 1. The van der Waals surface area contributed by atoms with Gasteiger partial charge in [-0.05, 0) is 19.1 Å². The highest BCUT2D eigenvalue weighted by atomic mass is 35.5. The molecule has 0 unspecified atom stereocenters. The standard InChI is InChI=1S/C15H15ClN2O2/c1-2-20-10-11-5-3-4-6-14(11)18-15(19)12-9-17-8-7-13(12)16/h3-9H,2,10H2,1H3,(H,18,19). The lowest BCUT2D eigenvalue weighted by molar-refractivity contribution is 0.102. The lowest BCUT2D eigenvalue weighted by atomic mass is 10.1. The highest BCUT2D eigenvalue weighted by molar-refractivity contribution is 6.34. The summed E-state index contributed by atoms with van der Waals surface area (Å²) in [5.74, 6) is -0.285. The van der Waals surface area contributed by atoms with Crippen molar-refractivity contribution in [1.82, 2.24) is 4.98 Å². The number of anilines is 1. The Morgan fingerprint density at radius 2 is 2.15 bits per heavy atom. The van der Waals surface area contributed by atoms with E-state index in [0.29, 0.717) is 29.5 Å². The van der Waals surface area contributed by atoms with E-state index in [1.165, 1.54) is 6.20 Å². The number of hydrogen-bond donors (Lipinski definition) is 1. The number of para-hydroxylation sites is 1. The van der Waals surface area contributed by atoms with Crippen LogP contribution in [0.5, 0.6) is 0 Å². The minimum absolute atomic E-state index is 0.285. The maximum atomic E-state index is 12.2. The monoisotopic (exact) mass is 290 g/mol. The Kier molecular flexibility index (Phi) is 5.09. The number of benzene rings is 1. The number of carbonyl (C=O) groups is 1. The molecule has 0 saturated heterocycles. The molecule has 1 amide bonds. The van der Waals surface area contributed by atoms with Crippen molar-refractivity contribution < 1.29 is 9.53 Å². The lowest BCUT2D eigenvalue weighted by Gasteiger charge is -2.11. The second-order valence-electron chi connectivity index (χ2n) is 4.10. The number of nitrogens with one attached hydrogen (secondary N) is 1. The van der Waals surface area contributed by atoms with Crippen LogP contribution >= 0.6 is 11.6 Å². The molecular formula is C15H15ClN2O2. The molecule has 0 aliphatic rings. The molecule has 2 aromatic rings. The van der Waals surface area contributed by atoms with E-state index >= 15 is 0 Å². The highest BCUT2D eigenvalue weighted by Gasteiger charge is 2.12. The third-order valence-electron chi connectivity index (χ3n) is 2.74. The molecule has 1 aromatic heterocycles. The van der Waals surface area contributed by atoms with Gasteiger partial charge in [-0.25, -0.2) is 0 Å². The molecular weight excluding hydrogens is 276 g/mol. The fraction of sp³-hybridized carbons (Fsp3) is 0.200. The Morgan fingerprint density at radius 3 is 2.90 bits per heavy atom. The van der Waals surface area contributed by atoms with E-state index in [2.05, 4.69) is 10.3 Å². The van der Waals surface area contributed by atoms with Gasteiger partial charge in [-0.2, -0.15) is 0 Å². The molecule has 5 heteroatoms. The minimum atomic E-state index is -0.285. The maximum Gasteiger partial charge on any atom is 0.258 e. The van der Waals surface area contributed by atoms with Gasteiger partial charge in [0.1, 0.15) is 0 Å². The summed E-state index contributed by atoms with van der Waals surface area (Å²) in [5, 5.41) is 3.21. The Morgan fingerprint density at radius 1 is 1.35 bits per heavy atom. The number of ether oxygens (including phenoxy) is 1. The Labute approximate surface area is 122 Å². The number of rotatable bonds is 5. The van der Waals surface area contributed by atoms with Crippen LogP contribution in [0.3, 0.4) is 0 Å². The number of carbonyl (C=O) groups excluding carboxylic acids is 1. The maximum absolute atomic E-state index is 12.2. The van der Waals surface area contributed by atoms with Crippen molar-refractivity contribution in [3.05, 3.63) is 58.9 Å². The summed E-state index contributed by atoms with van der Waals surface area (Å²) in [4.78, 5) is 16.1. The van der Waals surface area contributed by atoms with E-state index in [9.17, 15) is 4.79 Å². The smallest absolute Gasteiger partial charge is 0.258 e. The van der Waals surface area contributed by atoms with Gasteiger partial charge in [-0.1, -0.05) is 29.8 Å². The van der Waals surface area contributed by atoms with E-state index < -0.39 is 0 Å². The third kappa shape index (κ3) is 3.56. The third-order valence-corrected chi connectivity index (χ3v) is 3.07. The van der Waals surface area contributed by atoms with Crippen molar-refractivity contribution >= 4 is 23.2 Å². The first kappa shape index (κ1) is 14.5. The van der Waals surface area contributed by atoms with Gasteiger partial charge in [0.05, 0.1) is 17.2 Å². The summed E-state index contributed by atoms with van der Waals surface area (Å²) in [6.07, 6.45) is 2.99. The molecule has 0 aliphatic carbocycles. The van der Waals surface area contributed by atoms with Crippen molar-refractivity contribution in [3.8, 4) is 0 Å². The normalized spacial score (nSPS) is 10.3. The van der Waals surface area contributed by atoms with Gasteiger partial charge >= 0.3 is 0 Å². The topological polar surface area (TPSA) is 51.2 Å². The average Bonchev–Trinajstić information content (AvgIpc) is 2.46. The van der Waals surface area contributed by atoms with Crippen molar-refractivity contribution in [2.75, 3.05) is 11.9 Å². The molecule has 0 radical (unpaired) electrons. The number of hydrogen-bond acceptors (Lipinski definition) is 3. The predicted molar refractivity (Wildman–Crippen MR) is 79.0 cm³/mol. The molecule has 0 atom stereocenters. The summed E-state index contributed by atoms with van der Waals surface area (Å²) in [6.45, 7) is 3.00. The van der Waals surface area contributed by atoms with Gasteiger partial charge in [0.15, 0.2) is 0 Å². The Balaban J connectivity index is 2.18. The summed E-state index contributed by atoms with van der Waals surface area (Å²) in [5.41, 5.74) is 1.98. The lowest BCUT2D eigenvalue weighted by Crippen LogP contribution is -2.14. The van der Waals surface area contributed by atoms with Crippen LogP contribution in [0.15, 0.2) is 42.7 Å². The molecule has 104 valence electrons. The van der Waals surface area contributed by atoms with Crippen LogP contribution in [-0.4, -0.2) is 17.5 Å². The quantitative estimate of drug-likeness (QED) is 0.916. The SMILES string of the molecule is CCOCc1ccccc1NC(=O)c1cnccc1Cl. The number of pyridine rings is 1. The first-order valence-electron chi connectivity index (χ1n) is 6.29. The van der Waals surface area contributed by atoms with E-state index in [0.717, 1.165) is 5.56 Å². The number of aromatic nitrogens is 1. The van der Waals surface area contributed by atoms with Crippen molar-refractivity contribution in [2.45, 2.75) is 13.5 Å². The second-order valence-corrected chi connectivity index (χ2v) is 4.51. The van der Waals surface area contributed by atoms with Crippen LogP contribution in [0.1, 0.15) is 22.8 Å². The minimum Gasteiger partial charge on any atom is -0.377 e. The van der Waals surface area contributed by atoms with Gasteiger partial charge in [0.25, 0.3) is 5.91 Å². The second kappa shape index (κ2) is 7.03. The molecule has 0 bridgehead atoms. The molecule has 4 nitrogen and oxygen atoms in total. The average molecular weight is 291 g/mol. The zero-order valence-corrected chi connectivity index (χ0v) is 11.9. The van der Waals surface area contributed by atoms with Gasteiger partial charge < -0.3 is 10.1 Å². The number of nitrogens with zero attached hydrogens (tertiary/aromatic N) is 1. The van der Waals surface area contributed by atoms with Crippen molar-refractivity contribution in [2.24, 2.45) is 0 Å². The highest BCUT2D eigenvalue weighted by Crippen LogP contribution is 2.19. The Bertz CT molecular complexity index is 602.